The second-order valence-corrected chi connectivity index (χ2v) is 10.8. The average Bonchev–Trinajstić information content (AvgIpc) is 3.33. The molecule has 0 saturated carbocycles. The molecule has 3 aromatic heterocycles. The molecule has 12 heteroatoms. The van der Waals surface area contributed by atoms with Gasteiger partial charge in [-0.1, -0.05) is 6.07 Å². The predicted molar refractivity (Wildman–Crippen MR) is 154 cm³/mol. The molecule has 10 nitrogen and oxygen atoms in total. The second-order valence-electron chi connectivity index (χ2n) is 10.8. The van der Waals surface area contributed by atoms with Crippen LogP contribution in [0.1, 0.15) is 60.8 Å². The number of hydrogen-bond donors (Lipinski definition) is 1. The topological polar surface area (TPSA) is 110 Å². The summed E-state index contributed by atoms with van der Waals surface area (Å²) in [5, 5.41) is 9.26. The van der Waals surface area contributed by atoms with Crippen molar-refractivity contribution in [2.24, 2.45) is 0 Å². The van der Waals surface area contributed by atoms with E-state index in [0.717, 1.165) is 12.8 Å². The van der Waals surface area contributed by atoms with Crippen LogP contribution >= 0.6 is 0 Å². The highest BCUT2D eigenvalue weighted by molar-refractivity contribution is 5.94. The van der Waals surface area contributed by atoms with Crippen molar-refractivity contribution in [2.45, 2.75) is 51.7 Å². The van der Waals surface area contributed by atoms with Crippen LogP contribution in [0.4, 0.5) is 14.7 Å². The number of rotatable bonds is 10. The first-order valence-electron chi connectivity index (χ1n) is 14.1. The molecule has 42 heavy (non-hydrogen) atoms. The first-order valence-corrected chi connectivity index (χ1v) is 14.1. The number of benzene rings is 1. The van der Waals surface area contributed by atoms with Crippen LogP contribution in [0.3, 0.4) is 0 Å². The Kier molecular flexibility index (Phi) is 8.91. The number of anilines is 1. The Morgan fingerprint density at radius 2 is 1.86 bits per heavy atom. The Hall–Kier alpha value is -4.19. The van der Waals surface area contributed by atoms with Gasteiger partial charge in [-0.3, -0.25) is 4.79 Å². The monoisotopic (exact) mass is 579 g/mol. The molecule has 5 rings (SSSR count). The van der Waals surface area contributed by atoms with E-state index in [1.54, 1.807) is 25.5 Å². The molecular formula is C30H35F2N7O3. The lowest BCUT2D eigenvalue weighted by Crippen LogP contribution is -2.35. The van der Waals surface area contributed by atoms with Gasteiger partial charge in [-0.25, -0.2) is 28.7 Å². The van der Waals surface area contributed by atoms with E-state index in [1.807, 2.05) is 18.4 Å². The van der Waals surface area contributed by atoms with Crippen LogP contribution in [-0.2, 0) is 6.42 Å². The van der Waals surface area contributed by atoms with E-state index >= 15 is 8.78 Å². The van der Waals surface area contributed by atoms with Crippen molar-refractivity contribution in [2.75, 3.05) is 38.2 Å². The molecule has 1 saturated heterocycles. The zero-order valence-corrected chi connectivity index (χ0v) is 24.0. The van der Waals surface area contributed by atoms with E-state index < -0.39 is 11.6 Å². The fraction of sp³-hybridized carbons (Fsp3) is 0.433. The van der Waals surface area contributed by atoms with E-state index in [1.165, 1.54) is 29.6 Å². The number of carbonyl (C=O) groups excluding carboxylic acids is 1. The molecule has 4 aromatic rings. The van der Waals surface area contributed by atoms with Crippen molar-refractivity contribution in [3.05, 3.63) is 71.6 Å². The summed E-state index contributed by atoms with van der Waals surface area (Å²) in [5.41, 5.74) is 1.36. The van der Waals surface area contributed by atoms with E-state index in [9.17, 15) is 4.79 Å². The van der Waals surface area contributed by atoms with Crippen molar-refractivity contribution in [1.82, 2.24) is 29.4 Å². The highest BCUT2D eigenvalue weighted by atomic mass is 19.1. The number of aliphatic hydroxyl groups is 1. The zero-order chi connectivity index (χ0) is 29.8. The summed E-state index contributed by atoms with van der Waals surface area (Å²) in [5.74, 6) is -0.105. The molecule has 1 amide bonds. The first-order chi connectivity index (χ1) is 20.2. The number of ether oxygens (including phenoxy) is 1. The largest absolute Gasteiger partial charge is 0.488 e. The molecule has 1 aliphatic rings. The smallest absolute Gasteiger partial charge is 0.253 e. The maximum absolute atomic E-state index is 15.4. The molecule has 1 aromatic carbocycles. The van der Waals surface area contributed by atoms with Gasteiger partial charge in [0, 0.05) is 57.5 Å². The lowest BCUT2D eigenvalue weighted by Gasteiger charge is -2.32. The highest BCUT2D eigenvalue weighted by Crippen LogP contribution is 2.31. The third-order valence-corrected chi connectivity index (χ3v) is 7.42. The lowest BCUT2D eigenvalue weighted by atomic mass is 10.0. The Bertz CT molecular complexity index is 1540. The minimum Gasteiger partial charge on any atom is -0.488 e. The van der Waals surface area contributed by atoms with E-state index in [0.29, 0.717) is 54.7 Å². The van der Waals surface area contributed by atoms with Crippen molar-refractivity contribution in [3.63, 3.8) is 0 Å². The van der Waals surface area contributed by atoms with Crippen molar-refractivity contribution < 1.29 is 23.4 Å². The summed E-state index contributed by atoms with van der Waals surface area (Å²) in [4.78, 5) is 33.7. The average molecular weight is 580 g/mol. The number of nitrogens with zero attached hydrogens (tertiary/aromatic N) is 7. The van der Waals surface area contributed by atoms with Crippen LogP contribution in [0.5, 0.6) is 5.75 Å². The van der Waals surface area contributed by atoms with Crippen LogP contribution in [0.15, 0.2) is 43.1 Å². The van der Waals surface area contributed by atoms with Gasteiger partial charge in [-0.15, -0.1) is 0 Å². The standard InChI is InChI=1S/C30H35F2N7O3/c1-19(2)42-23-15-33-30(34-16-23)38-10-7-22(8-11-38)39-17-25(32)27-26(35-18-36-28(27)39)14-20-5-6-21(13-24(20)31)29(41)37(3)9-4-12-40/h5-6,13,15-19,22,40H,4,7-12,14H2,1-3H3. The summed E-state index contributed by atoms with van der Waals surface area (Å²) < 4.78 is 37.9. The quantitative estimate of drug-likeness (QED) is 0.298. The van der Waals surface area contributed by atoms with Crippen LogP contribution in [-0.4, -0.2) is 79.8 Å². The molecular weight excluding hydrogens is 544 g/mol. The molecule has 0 spiro atoms. The lowest BCUT2D eigenvalue weighted by molar-refractivity contribution is 0.0786. The first kappa shape index (κ1) is 29.3. The Morgan fingerprint density at radius 1 is 1.12 bits per heavy atom. The Morgan fingerprint density at radius 3 is 2.52 bits per heavy atom. The number of piperidine rings is 1. The zero-order valence-electron chi connectivity index (χ0n) is 24.0. The third kappa shape index (κ3) is 6.33. The van der Waals surface area contributed by atoms with E-state index in [4.69, 9.17) is 9.84 Å². The number of aromatic nitrogens is 5. The number of hydrogen-bond acceptors (Lipinski definition) is 8. The van der Waals surface area contributed by atoms with Gasteiger partial charge in [0.15, 0.2) is 11.6 Å². The fourth-order valence-electron chi connectivity index (χ4n) is 5.30. The number of fused-ring (bicyclic) bond motifs is 1. The number of aliphatic hydroxyl groups excluding tert-OH is 1. The molecule has 1 aliphatic heterocycles. The molecule has 1 fully saturated rings. The van der Waals surface area contributed by atoms with Crippen LogP contribution < -0.4 is 9.64 Å². The number of halogens is 2. The summed E-state index contributed by atoms with van der Waals surface area (Å²) in [7, 11) is 1.60. The fourth-order valence-corrected chi connectivity index (χ4v) is 5.30. The third-order valence-electron chi connectivity index (χ3n) is 7.42. The number of carbonyl (C=O) groups is 1. The SMILES string of the molecule is CC(C)Oc1cnc(N2CCC(n3cc(F)c4c(Cc5ccc(C(=O)N(C)CCCO)cc5F)ncnc43)CC2)nc1. The molecule has 0 radical (unpaired) electrons. The normalized spacial score (nSPS) is 14.1. The maximum Gasteiger partial charge on any atom is 0.253 e. The molecule has 4 heterocycles. The van der Waals surface area contributed by atoms with Crippen molar-refractivity contribution in [3.8, 4) is 5.75 Å². The minimum atomic E-state index is -0.568. The summed E-state index contributed by atoms with van der Waals surface area (Å²) in [6.45, 7) is 5.61. The minimum absolute atomic E-state index is 0.0180. The Balaban J connectivity index is 1.29. The molecule has 222 valence electrons. The van der Waals surface area contributed by atoms with Gasteiger partial charge < -0.3 is 24.2 Å². The van der Waals surface area contributed by atoms with E-state index in [2.05, 4.69) is 24.8 Å². The summed E-state index contributed by atoms with van der Waals surface area (Å²) in [6, 6.07) is 4.29. The van der Waals surface area contributed by atoms with E-state index in [-0.39, 0.29) is 42.0 Å². The van der Waals surface area contributed by atoms with Crippen molar-refractivity contribution in [1.29, 1.82) is 0 Å². The van der Waals surface area contributed by atoms with Crippen LogP contribution in [0, 0.1) is 11.6 Å². The predicted octanol–water partition coefficient (Wildman–Crippen LogP) is 4.17. The van der Waals surface area contributed by atoms with Gasteiger partial charge in [-0.05, 0) is 50.8 Å². The summed E-state index contributed by atoms with van der Waals surface area (Å²) in [6.07, 6.45) is 8.20. The second kappa shape index (κ2) is 12.8. The molecule has 0 bridgehead atoms. The van der Waals surface area contributed by atoms with Gasteiger partial charge in [0.05, 0.1) is 29.6 Å². The summed E-state index contributed by atoms with van der Waals surface area (Å²) >= 11 is 0. The number of amides is 1. The van der Waals surface area contributed by atoms with Gasteiger partial charge in [-0.2, -0.15) is 0 Å². The molecule has 0 atom stereocenters. The Labute approximate surface area is 243 Å². The maximum atomic E-state index is 15.4. The van der Waals surface area contributed by atoms with Crippen molar-refractivity contribution >= 4 is 22.9 Å². The van der Waals surface area contributed by atoms with Gasteiger partial charge in [0.1, 0.15) is 17.8 Å². The molecule has 0 unspecified atom stereocenters. The van der Waals surface area contributed by atoms with Gasteiger partial charge in [0.2, 0.25) is 5.95 Å². The van der Waals surface area contributed by atoms with Crippen LogP contribution in [0.25, 0.3) is 11.0 Å². The van der Waals surface area contributed by atoms with Crippen LogP contribution in [0.2, 0.25) is 0 Å². The van der Waals surface area contributed by atoms with Gasteiger partial charge in [0.25, 0.3) is 5.91 Å². The highest BCUT2D eigenvalue weighted by Gasteiger charge is 2.26. The molecule has 1 N–H and O–H groups in total. The molecule has 0 aliphatic carbocycles. The van der Waals surface area contributed by atoms with Gasteiger partial charge >= 0.3 is 0 Å².